The maximum absolute atomic E-state index is 12.5. The predicted molar refractivity (Wildman–Crippen MR) is 97.2 cm³/mol. The molecule has 2 N–H and O–H groups in total. The van der Waals surface area contributed by atoms with Crippen molar-refractivity contribution in [1.82, 2.24) is 19.7 Å². The van der Waals surface area contributed by atoms with E-state index in [1.807, 2.05) is 0 Å². The molecule has 10 nitrogen and oxygen atoms in total. The topological polar surface area (TPSA) is 136 Å². The van der Waals surface area contributed by atoms with E-state index >= 15 is 0 Å². The number of hydrogen-bond donors (Lipinski definition) is 2. The van der Waals surface area contributed by atoms with E-state index in [-0.39, 0.29) is 28.6 Å². The lowest BCUT2D eigenvalue weighted by atomic mass is 10.2. The number of carbonyl (C=O) groups excluding carboxylic acids is 1. The van der Waals surface area contributed by atoms with E-state index < -0.39 is 10.8 Å². The summed E-state index contributed by atoms with van der Waals surface area (Å²) < 4.78 is 1.30. The number of anilines is 1. The van der Waals surface area contributed by atoms with E-state index in [0.29, 0.717) is 17.0 Å². The zero-order chi connectivity index (χ0) is 19.7. The average Bonchev–Trinajstić information content (AvgIpc) is 2.99. The summed E-state index contributed by atoms with van der Waals surface area (Å²) >= 11 is 0. The summed E-state index contributed by atoms with van der Waals surface area (Å²) in [4.78, 5) is 41.7. The fourth-order valence-corrected chi connectivity index (χ4v) is 2.43. The van der Waals surface area contributed by atoms with Gasteiger partial charge in [-0.1, -0.05) is 6.07 Å². The molecule has 0 aliphatic carbocycles. The van der Waals surface area contributed by atoms with Crippen molar-refractivity contribution in [1.29, 1.82) is 0 Å². The standard InChI is InChI=1S/C17H16N6O4/c1-9-7-14(19-16(25)12-5-4-6-13(8-12)23(26)27)22(21-9)17-18-11(3)10(2)15(24)20-17/h4-8H,1-3H3,(H,19,25)(H,18,20,24). The number of nitro benzene ring substituents is 1. The normalized spacial score (nSPS) is 10.6. The zero-order valence-electron chi connectivity index (χ0n) is 14.8. The molecule has 27 heavy (non-hydrogen) atoms. The monoisotopic (exact) mass is 368 g/mol. The van der Waals surface area contributed by atoms with Crippen LogP contribution in [0.2, 0.25) is 0 Å². The molecule has 0 radical (unpaired) electrons. The Morgan fingerprint density at radius 2 is 2.00 bits per heavy atom. The molecule has 3 rings (SSSR count). The molecule has 2 aromatic heterocycles. The molecule has 3 aromatic rings. The SMILES string of the molecule is Cc1cc(NC(=O)c2cccc([N+](=O)[O-])c2)n(-c2nc(C)c(C)c(=O)[nH]2)n1. The first-order valence-electron chi connectivity index (χ1n) is 7.96. The summed E-state index contributed by atoms with van der Waals surface area (Å²) in [5.41, 5.74) is 1.25. The van der Waals surface area contributed by atoms with Gasteiger partial charge in [0.2, 0.25) is 5.95 Å². The molecule has 0 saturated heterocycles. The van der Waals surface area contributed by atoms with Crippen LogP contribution in [-0.4, -0.2) is 30.6 Å². The van der Waals surface area contributed by atoms with Crippen LogP contribution >= 0.6 is 0 Å². The first-order valence-corrected chi connectivity index (χ1v) is 7.96. The second kappa shape index (κ2) is 6.83. The molecule has 0 fully saturated rings. The van der Waals surface area contributed by atoms with Gasteiger partial charge in [0.15, 0.2) is 0 Å². The molecule has 0 saturated carbocycles. The van der Waals surface area contributed by atoms with Crippen molar-refractivity contribution in [3.8, 4) is 5.95 Å². The van der Waals surface area contributed by atoms with Gasteiger partial charge in [-0.3, -0.25) is 24.7 Å². The summed E-state index contributed by atoms with van der Waals surface area (Å²) in [6, 6.07) is 6.97. The first-order chi connectivity index (χ1) is 12.8. The molecule has 1 aromatic carbocycles. The van der Waals surface area contributed by atoms with E-state index in [9.17, 15) is 19.7 Å². The second-order valence-electron chi connectivity index (χ2n) is 5.94. The van der Waals surface area contributed by atoms with Crippen LogP contribution in [0.4, 0.5) is 11.5 Å². The first kappa shape index (κ1) is 18.0. The van der Waals surface area contributed by atoms with Gasteiger partial charge in [0.1, 0.15) is 5.82 Å². The molecule has 0 aliphatic heterocycles. The lowest BCUT2D eigenvalue weighted by molar-refractivity contribution is -0.384. The largest absolute Gasteiger partial charge is 0.306 e. The number of H-pyrrole nitrogens is 1. The molecule has 0 bridgehead atoms. The Bertz CT molecular complexity index is 1110. The van der Waals surface area contributed by atoms with Crippen LogP contribution in [0.3, 0.4) is 0 Å². The number of amides is 1. The van der Waals surface area contributed by atoms with Crippen LogP contribution < -0.4 is 10.9 Å². The highest BCUT2D eigenvalue weighted by Crippen LogP contribution is 2.18. The van der Waals surface area contributed by atoms with Gasteiger partial charge in [-0.15, -0.1) is 0 Å². The van der Waals surface area contributed by atoms with Crippen LogP contribution in [0.15, 0.2) is 35.1 Å². The molecular weight excluding hydrogens is 352 g/mol. The van der Waals surface area contributed by atoms with E-state index in [4.69, 9.17) is 0 Å². The maximum atomic E-state index is 12.5. The Morgan fingerprint density at radius 1 is 1.26 bits per heavy atom. The Morgan fingerprint density at radius 3 is 2.67 bits per heavy atom. The fraction of sp³-hybridized carbons (Fsp3) is 0.176. The van der Waals surface area contributed by atoms with E-state index in [2.05, 4.69) is 20.4 Å². The average molecular weight is 368 g/mol. The highest BCUT2D eigenvalue weighted by molar-refractivity contribution is 6.04. The van der Waals surface area contributed by atoms with Crippen molar-refractivity contribution in [2.24, 2.45) is 0 Å². The molecule has 2 heterocycles. The minimum absolute atomic E-state index is 0.121. The highest BCUT2D eigenvalue weighted by atomic mass is 16.6. The number of aromatic amines is 1. The van der Waals surface area contributed by atoms with Crippen LogP contribution in [0.1, 0.15) is 27.3 Å². The molecule has 0 unspecified atom stereocenters. The van der Waals surface area contributed by atoms with Crippen LogP contribution in [0.5, 0.6) is 0 Å². The van der Waals surface area contributed by atoms with E-state index in [1.54, 1.807) is 26.8 Å². The van der Waals surface area contributed by atoms with Gasteiger partial charge in [0.05, 0.1) is 10.6 Å². The number of rotatable bonds is 4. The Kier molecular flexibility index (Phi) is 4.55. The van der Waals surface area contributed by atoms with Crippen molar-refractivity contribution in [2.75, 3.05) is 5.32 Å². The Labute approximate surface area is 153 Å². The minimum atomic E-state index is -0.574. The lowest BCUT2D eigenvalue weighted by Crippen LogP contribution is -2.20. The molecular formula is C17H16N6O4. The number of carbonyl (C=O) groups is 1. The third-order valence-corrected chi connectivity index (χ3v) is 3.98. The predicted octanol–water partition coefficient (Wildman–Crippen LogP) is 2.04. The van der Waals surface area contributed by atoms with Crippen molar-refractivity contribution in [2.45, 2.75) is 20.8 Å². The number of nitrogens with zero attached hydrogens (tertiary/aromatic N) is 4. The summed E-state index contributed by atoms with van der Waals surface area (Å²) in [5.74, 6) is -0.119. The van der Waals surface area contributed by atoms with Crippen molar-refractivity contribution in [3.05, 3.63) is 73.3 Å². The number of benzene rings is 1. The quantitative estimate of drug-likeness (QED) is 0.534. The molecule has 0 spiro atoms. The van der Waals surface area contributed by atoms with Crippen molar-refractivity contribution in [3.63, 3.8) is 0 Å². The molecule has 0 aliphatic rings. The lowest BCUT2D eigenvalue weighted by Gasteiger charge is -2.09. The van der Waals surface area contributed by atoms with Crippen molar-refractivity contribution >= 4 is 17.4 Å². The number of aryl methyl sites for hydroxylation is 2. The smallest absolute Gasteiger partial charge is 0.270 e. The second-order valence-corrected chi connectivity index (χ2v) is 5.94. The van der Waals surface area contributed by atoms with Gasteiger partial charge >= 0.3 is 0 Å². The molecule has 10 heteroatoms. The third-order valence-electron chi connectivity index (χ3n) is 3.98. The zero-order valence-corrected chi connectivity index (χ0v) is 14.8. The van der Waals surface area contributed by atoms with E-state index in [1.165, 1.54) is 28.9 Å². The van der Waals surface area contributed by atoms with Gasteiger partial charge in [0.25, 0.3) is 17.2 Å². The van der Waals surface area contributed by atoms with Gasteiger partial charge in [-0.25, -0.2) is 4.98 Å². The van der Waals surface area contributed by atoms with Gasteiger partial charge in [-0.2, -0.15) is 9.78 Å². The summed E-state index contributed by atoms with van der Waals surface area (Å²) in [5, 5.41) is 17.8. The summed E-state index contributed by atoms with van der Waals surface area (Å²) in [6.07, 6.45) is 0. The number of aromatic nitrogens is 4. The Hall–Kier alpha value is -3.82. The summed E-state index contributed by atoms with van der Waals surface area (Å²) in [6.45, 7) is 5.08. The number of nitrogens with one attached hydrogen (secondary N) is 2. The van der Waals surface area contributed by atoms with Crippen molar-refractivity contribution < 1.29 is 9.72 Å². The number of nitro groups is 1. The highest BCUT2D eigenvalue weighted by Gasteiger charge is 2.16. The molecule has 138 valence electrons. The van der Waals surface area contributed by atoms with Gasteiger partial charge in [0, 0.05) is 35.0 Å². The number of non-ortho nitro benzene ring substituents is 1. The van der Waals surface area contributed by atoms with Crippen LogP contribution in [-0.2, 0) is 0 Å². The number of hydrogen-bond acceptors (Lipinski definition) is 6. The molecule has 0 atom stereocenters. The molecule has 1 amide bonds. The fourth-order valence-electron chi connectivity index (χ4n) is 2.43. The van der Waals surface area contributed by atoms with Crippen LogP contribution in [0.25, 0.3) is 5.95 Å². The van der Waals surface area contributed by atoms with Gasteiger partial charge < -0.3 is 5.32 Å². The van der Waals surface area contributed by atoms with Crippen LogP contribution in [0, 0.1) is 30.9 Å². The minimum Gasteiger partial charge on any atom is -0.306 e. The third kappa shape index (κ3) is 3.59. The Balaban J connectivity index is 1.97. The summed E-state index contributed by atoms with van der Waals surface area (Å²) in [7, 11) is 0. The maximum Gasteiger partial charge on any atom is 0.270 e. The van der Waals surface area contributed by atoms with E-state index in [0.717, 1.165) is 0 Å². The van der Waals surface area contributed by atoms with Gasteiger partial charge in [-0.05, 0) is 26.8 Å².